The predicted octanol–water partition coefficient (Wildman–Crippen LogP) is 5.64. The van der Waals surface area contributed by atoms with Crippen LogP contribution in [-0.2, 0) is 52.4 Å². The van der Waals surface area contributed by atoms with Crippen LogP contribution in [0.3, 0.4) is 0 Å². The van der Waals surface area contributed by atoms with Gasteiger partial charge < -0.3 is 33.5 Å². The minimum atomic E-state index is -1.30. The number of esters is 5. The minimum Gasteiger partial charge on any atom is -0.465 e. The summed E-state index contributed by atoms with van der Waals surface area (Å²) in [6.07, 6.45) is 8.15. The van der Waals surface area contributed by atoms with Crippen molar-refractivity contribution < 1.29 is 57.5 Å². The minimum absolute atomic E-state index is 0.195. The van der Waals surface area contributed by atoms with Crippen molar-refractivity contribution in [3.8, 4) is 0 Å². The molecule has 274 valence electrons. The Bertz CT molecular complexity index is 804. The molecule has 12 nitrogen and oxygen atoms in total. The first-order valence-electron chi connectivity index (χ1n) is 17.5. The van der Waals surface area contributed by atoms with Crippen LogP contribution in [0, 0.1) is 10.8 Å². The number of carbonyl (C=O) groups is 5. The molecule has 0 unspecified atom stereocenters. The molecule has 12 heteroatoms. The summed E-state index contributed by atoms with van der Waals surface area (Å²) in [6, 6.07) is 0. The number of aliphatic hydroxyl groups excluding tert-OH is 1. The highest BCUT2D eigenvalue weighted by Crippen LogP contribution is 2.26. The van der Waals surface area contributed by atoms with Crippen LogP contribution in [0.25, 0.3) is 0 Å². The first kappa shape index (κ1) is 44.3. The van der Waals surface area contributed by atoms with Crippen LogP contribution in [-0.4, -0.2) is 87.8 Å². The molecule has 0 aromatic rings. The molecule has 0 rings (SSSR count). The van der Waals surface area contributed by atoms with Crippen molar-refractivity contribution in [3.05, 3.63) is 0 Å². The lowest BCUT2D eigenvalue weighted by Crippen LogP contribution is -2.46. The molecule has 0 aliphatic heterocycles. The van der Waals surface area contributed by atoms with Crippen LogP contribution in [0.4, 0.5) is 0 Å². The van der Waals surface area contributed by atoms with Crippen LogP contribution >= 0.6 is 0 Å². The van der Waals surface area contributed by atoms with Gasteiger partial charge in [0.25, 0.3) is 0 Å². The highest BCUT2D eigenvalue weighted by molar-refractivity contribution is 5.71. The maximum Gasteiger partial charge on any atom is 0.305 e. The second-order valence-electron chi connectivity index (χ2n) is 12.5. The standard InChI is InChI=1S/C35H62O12/c1-6-11-16-29(37)43-24-34(21-36,25-44-30(38)17-12-7-2)22-42-23-35(26-45-31(39)18-13-8-3,27-46-32(40)19-14-9-4)28-47-33(41)20-15-10-5/h36H,6-28H2,1-5H3. The van der Waals surface area contributed by atoms with Gasteiger partial charge in [-0.1, -0.05) is 66.7 Å². The zero-order chi connectivity index (χ0) is 35.4. The molecule has 0 fully saturated rings. The summed E-state index contributed by atoms with van der Waals surface area (Å²) in [4.78, 5) is 62.3. The van der Waals surface area contributed by atoms with E-state index in [9.17, 15) is 29.1 Å². The zero-order valence-corrected chi connectivity index (χ0v) is 29.7. The van der Waals surface area contributed by atoms with E-state index >= 15 is 0 Å². The summed E-state index contributed by atoms with van der Waals surface area (Å²) in [5.74, 6) is -2.25. The third-order valence-corrected chi connectivity index (χ3v) is 7.52. The van der Waals surface area contributed by atoms with Crippen molar-refractivity contribution in [3.63, 3.8) is 0 Å². The number of unbranched alkanes of at least 4 members (excludes halogenated alkanes) is 5. The number of hydrogen-bond donors (Lipinski definition) is 1. The van der Waals surface area contributed by atoms with Gasteiger partial charge in [-0.25, -0.2) is 0 Å². The van der Waals surface area contributed by atoms with Gasteiger partial charge in [-0.15, -0.1) is 0 Å². The summed E-state index contributed by atoms with van der Waals surface area (Å²) >= 11 is 0. The molecule has 0 atom stereocenters. The van der Waals surface area contributed by atoms with Crippen molar-refractivity contribution in [2.24, 2.45) is 10.8 Å². The highest BCUT2D eigenvalue weighted by atomic mass is 16.6. The molecule has 0 heterocycles. The first-order valence-corrected chi connectivity index (χ1v) is 17.5. The molecule has 0 aromatic heterocycles. The molecule has 1 N–H and O–H groups in total. The van der Waals surface area contributed by atoms with Gasteiger partial charge in [0.1, 0.15) is 33.0 Å². The van der Waals surface area contributed by atoms with Gasteiger partial charge in [0.15, 0.2) is 0 Å². The smallest absolute Gasteiger partial charge is 0.305 e. The molecular formula is C35H62O12. The van der Waals surface area contributed by atoms with Crippen LogP contribution in [0.15, 0.2) is 0 Å². The van der Waals surface area contributed by atoms with E-state index in [4.69, 9.17) is 28.4 Å². The fraction of sp³-hybridized carbons (Fsp3) is 0.857. The summed E-state index contributed by atoms with van der Waals surface area (Å²) in [5.41, 5.74) is -2.58. The van der Waals surface area contributed by atoms with Crippen LogP contribution in [0.2, 0.25) is 0 Å². The lowest BCUT2D eigenvalue weighted by Gasteiger charge is -2.35. The van der Waals surface area contributed by atoms with Crippen LogP contribution in [0.1, 0.15) is 131 Å². The second-order valence-corrected chi connectivity index (χ2v) is 12.5. The van der Waals surface area contributed by atoms with Gasteiger partial charge in [-0.3, -0.25) is 24.0 Å². The first-order chi connectivity index (χ1) is 22.5. The molecule has 0 radical (unpaired) electrons. The molecule has 0 spiro atoms. The van der Waals surface area contributed by atoms with Gasteiger partial charge in [-0.05, 0) is 32.1 Å². The van der Waals surface area contributed by atoms with Gasteiger partial charge in [0.2, 0.25) is 0 Å². The monoisotopic (exact) mass is 674 g/mol. The summed E-state index contributed by atoms with van der Waals surface area (Å²) in [5, 5.41) is 10.5. The van der Waals surface area contributed by atoms with Gasteiger partial charge >= 0.3 is 29.8 Å². The summed E-state index contributed by atoms with van der Waals surface area (Å²) < 4.78 is 33.8. The molecule has 0 amide bonds. The molecule has 0 saturated carbocycles. The number of rotatable bonds is 30. The Balaban J connectivity index is 6.15. The van der Waals surface area contributed by atoms with E-state index < -0.39 is 47.3 Å². The van der Waals surface area contributed by atoms with E-state index in [-0.39, 0.29) is 78.4 Å². The molecule has 0 bridgehead atoms. The van der Waals surface area contributed by atoms with E-state index in [1.54, 1.807) is 0 Å². The van der Waals surface area contributed by atoms with Crippen LogP contribution < -0.4 is 0 Å². The molecule has 0 aliphatic carbocycles. The van der Waals surface area contributed by atoms with Crippen molar-refractivity contribution >= 4 is 29.8 Å². The average Bonchev–Trinajstić information content (AvgIpc) is 3.08. The average molecular weight is 675 g/mol. The van der Waals surface area contributed by atoms with Gasteiger partial charge in [-0.2, -0.15) is 0 Å². The number of aliphatic hydroxyl groups is 1. The topological polar surface area (TPSA) is 161 Å². The summed E-state index contributed by atoms with van der Waals surface area (Å²) in [6.45, 7) is 7.43. The quantitative estimate of drug-likeness (QED) is 0.0739. The Morgan fingerprint density at radius 2 is 0.638 bits per heavy atom. The molecular weight excluding hydrogens is 612 g/mol. The van der Waals surface area contributed by atoms with Crippen molar-refractivity contribution in [2.75, 3.05) is 52.9 Å². The number of carbonyl (C=O) groups excluding carboxylic acids is 5. The molecule has 47 heavy (non-hydrogen) atoms. The normalized spacial score (nSPS) is 11.5. The Morgan fingerprint density at radius 3 is 0.872 bits per heavy atom. The van der Waals surface area contributed by atoms with E-state index in [1.807, 2.05) is 34.6 Å². The van der Waals surface area contributed by atoms with E-state index in [2.05, 4.69) is 0 Å². The maximum atomic E-state index is 12.5. The fourth-order valence-electron chi connectivity index (χ4n) is 4.13. The van der Waals surface area contributed by atoms with Crippen molar-refractivity contribution in [1.29, 1.82) is 0 Å². The SMILES string of the molecule is CCCCC(=O)OCC(CO)(COCC(COC(=O)CCCC)(COC(=O)CCCC)COC(=O)CCCC)COC(=O)CCCC. The van der Waals surface area contributed by atoms with Gasteiger partial charge in [0, 0.05) is 32.1 Å². The molecule has 0 saturated heterocycles. The Morgan fingerprint density at radius 1 is 0.404 bits per heavy atom. The van der Waals surface area contributed by atoms with E-state index in [0.29, 0.717) is 32.1 Å². The Labute approximate surface area is 281 Å². The number of ether oxygens (including phenoxy) is 6. The largest absolute Gasteiger partial charge is 0.465 e. The maximum absolute atomic E-state index is 12.5. The lowest BCUT2D eigenvalue weighted by atomic mass is 9.90. The molecule has 0 aliphatic rings. The Hall–Kier alpha value is -2.73. The van der Waals surface area contributed by atoms with Crippen LogP contribution in [0.5, 0.6) is 0 Å². The highest BCUT2D eigenvalue weighted by Gasteiger charge is 2.39. The van der Waals surface area contributed by atoms with E-state index in [0.717, 1.165) is 32.1 Å². The predicted molar refractivity (Wildman–Crippen MR) is 175 cm³/mol. The molecule has 0 aromatic carbocycles. The number of hydrogen-bond acceptors (Lipinski definition) is 12. The van der Waals surface area contributed by atoms with Gasteiger partial charge in [0.05, 0.1) is 30.7 Å². The second kappa shape index (κ2) is 27.2. The Kier molecular flexibility index (Phi) is 25.7. The van der Waals surface area contributed by atoms with Crippen molar-refractivity contribution in [2.45, 2.75) is 131 Å². The zero-order valence-electron chi connectivity index (χ0n) is 29.7. The van der Waals surface area contributed by atoms with E-state index in [1.165, 1.54) is 0 Å². The lowest BCUT2D eigenvalue weighted by molar-refractivity contribution is -0.172. The summed E-state index contributed by atoms with van der Waals surface area (Å²) in [7, 11) is 0. The third kappa shape index (κ3) is 21.7. The fourth-order valence-corrected chi connectivity index (χ4v) is 4.13. The third-order valence-electron chi connectivity index (χ3n) is 7.52. The van der Waals surface area contributed by atoms with Crippen molar-refractivity contribution in [1.82, 2.24) is 0 Å².